The summed E-state index contributed by atoms with van der Waals surface area (Å²) in [6, 6.07) is 4.38. The molecule has 21 heavy (non-hydrogen) atoms. The van der Waals surface area contributed by atoms with Crippen molar-refractivity contribution in [2.24, 2.45) is 11.8 Å². The zero-order valence-electron chi connectivity index (χ0n) is 14.0. The molecular formula is C17H28BrNO2. The molecule has 0 bridgehead atoms. The van der Waals surface area contributed by atoms with Crippen molar-refractivity contribution in [1.82, 2.24) is 5.32 Å². The van der Waals surface area contributed by atoms with Crippen LogP contribution in [-0.2, 0) is 0 Å². The molecule has 0 spiro atoms. The van der Waals surface area contributed by atoms with E-state index in [9.17, 15) is 0 Å². The standard InChI is InChI=1S/C17H28BrNO2/c1-7-20-15-9-13(14(18)10-16(15)21-8-2)17(19-6)12(5)11(3)4/h9-12,17,19H,7-8H2,1-6H3. The second-order valence-corrected chi connectivity index (χ2v) is 6.41. The highest BCUT2D eigenvalue weighted by molar-refractivity contribution is 9.10. The van der Waals surface area contributed by atoms with Crippen molar-refractivity contribution in [3.8, 4) is 11.5 Å². The van der Waals surface area contributed by atoms with Crippen LogP contribution >= 0.6 is 15.9 Å². The van der Waals surface area contributed by atoms with Crippen molar-refractivity contribution in [2.75, 3.05) is 20.3 Å². The molecule has 1 rings (SSSR count). The highest BCUT2D eigenvalue weighted by Crippen LogP contribution is 2.39. The SMILES string of the molecule is CCOc1cc(Br)c(C(NC)C(C)C(C)C)cc1OCC. The summed E-state index contributed by atoms with van der Waals surface area (Å²) in [6.45, 7) is 12.0. The second-order valence-electron chi connectivity index (χ2n) is 5.56. The van der Waals surface area contributed by atoms with Gasteiger partial charge in [0.2, 0.25) is 0 Å². The van der Waals surface area contributed by atoms with Crippen molar-refractivity contribution in [1.29, 1.82) is 0 Å². The van der Waals surface area contributed by atoms with E-state index in [-0.39, 0.29) is 6.04 Å². The van der Waals surface area contributed by atoms with E-state index in [1.165, 1.54) is 5.56 Å². The van der Waals surface area contributed by atoms with Crippen molar-refractivity contribution >= 4 is 15.9 Å². The van der Waals surface area contributed by atoms with Gasteiger partial charge in [-0.15, -0.1) is 0 Å². The van der Waals surface area contributed by atoms with Gasteiger partial charge < -0.3 is 14.8 Å². The smallest absolute Gasteiger partial charge is 0.162 e. The van der Waals surface area contributed by atoms with Crippen LogP contribution in [0.3, 0.4) is 0 Å². The van der Waals surface area contributed by atoms with E-state index >= 15 is 0 Å². The maximum absolute atomic E-state index is 5.75. The number of rotatable bonds is 8. The molecule has 3 nitrogen and oxygen atoms in total. The van der Waals surface area contributed by atoms with Crippen molar-refractivity contribution in [3.63, 3.8) is 0 Å². The molecule has 0 radical (unpaired) electrons. The summed E-state index contributed by atoms with van der Waals surface area (Å²) in [6.07, 6.45) is 0. The minimum atomic E-state index is 0.272. The van der Waals surface area contributed by atoms with Gasteiger partial charge in [-0.2, -0.15) is 0 Å². The van der Waals surface area contributed by atoms with E-state index < -0.39 is 0 Å². The van der Waals surface area contributed by atoms with Gasteiger partial charge in [0.1, 0.15) is 0 Å². The normalized spacial score (nSPS) is 14.1. The first kappa shape index (κ1) is 18.3. The fourth-order valence-corrected chi connectivity index (χ4v) is 2.98. The first-order valence-electron chi connectivity index (χ1n) is 7.72. The Morgan fingerprint density at radius 2 is 1.57 bits per heavy atom. The van der Waals surface area contributed by atoms with E-state index in [0.717, 1.165) is 16.0 Å². The summed E-state index contributed by atoms with van der Waals surface area (Å²) in [7, 11) is 2.01. The van der Waals surface area contributed by atoms with Gasteiger partial charge in [-0.1, -0.05) is 36.7 Å². The van der Waals surface area contributed by atoms with Crippen LogP contribution in [0.2, 0.25) is 0 Å². The average Bonchev–Trinajstić information content (AvgIpc) is 2.44. The average molecular weight is 358 g/mol. The molecule has 4 heteroatoms. The van der Waals surface area contributed by atoms with Gasteiger partial charge in [-0.05, 0) is 50.4 Å². The number of benzene rings is 1. The van der Waals surface area contributed by atoms with Crippen LogP contribution in [0.1, 0.15) is 46.2 Å². The molecule has 0 amide bonds. The van der Waals surface area contributed by atoms with Crippen LogP contribution in [0, 0.1) is 11.8 Å². The first-order valence-corrected chi connectivity index (χ1v) is 8.51. The van der Waals surface area contributed by atoms with E-state index in [1.807, 2.05) is 27.0 Å². The molecule has 0 aliphatic carbocycles. The zero-order chi connectivity index (χ0) is 16.0. The highest BCUT2D eigenvalue weighted by Gasteiger charge is 2.24. The van der Waals surface area contributed by atoms with Crippen LogP contribution in [0.4, 0.5) is 0 Å². The van der Waals surface area contributed by atoms with Crippen molar-refractivity contribution in [3.05, 3.63) is 22.2 Å². The third-order valence-electron chi connectivity index (χ3n) is 3.89. The molecule has 0 aliphatic heterocycles. The van der Waals surface area contributed by atoms with E-state index in [1.54, 1.807) is 0 Å². The summed E-state index contributed by atoms with van der Waals surface area (Å²) < 4.78 is 12.5. The maximum atomic E-state index is 5.75. The summed E-state index contributed by atoms with van der Waals surface area (Å²) in [5.74, 6) is 2.71. The monoisotopic (exact) mass is 357 g/mol. The molecule has 0 aliphatic rings. The summed E-state index contributed by atoms with van der Waals surface area (Å²) in [4.78, 5) is 0. The number of halogens is 1. The van der Waals surface area contributed by atoms with Gasteiger partial charge in [-0.25, -0.2) is 0 Å². The second kappa shape index (κ2) is 8.64. The maximum Gasteiger partial charge on any atom is 0.162 e. The minimum Gasteiger partial charge on any atom is -0.490 e. The number of hydrogen-bond donors (Lipinski definition) is 1. The molecule has 0 saturated carbocycles. The molecule has 0 heterocycles. The number of nitrogens with one attached hydrogen (secondary N) is 1. The molecule has 2 atom stereocenters. The number of hydrogen-bond acceptors (Lipinski definition) is 3. The van der Waals surface area contributed by atoms with Crippen LogP contribution < -0.4 is 14.8 Å². The topological polar surface area (TPSA) is 30.5 Å². The quantitative estimate of drug-likeness (QED) is 0.724. The molecule has 120 valence electrons. The Bertz CT molecular complexity index is 449. The summed E-state index contributed by atoms with van der Waals surface area (Å²) in [5.41, 5.74) is 1.21. The van der Waals surface area contributed by atoms with Crippen LogP contribution in [0.25, 0.3) is 0 Å². The molecular weight excluding hydrogens is 330 g/mol. The molecule has 0 fully saturated rings. The predicted octanol–water partition coefficient (Wildman–Crippen LogP) is 4.80. The Kier molecular flexibility index (Phi) is 7.53. The zero-order valence-corrected chi connectivity index (χ0v) is 15.6. The van der Waals surface area contributed by atoms with Gasteiger partial charge in [-0.3, -0.25) is 0 Å². The molecule has 0 aromatic heterocycles. The lowest BCUT2D eigenvalue weighted by Gasteiger charge is -2.28. The van der Waals surface area contributed by atoms with E-state index in [0.29, 0.717) is 25.0 Å². The predicted molar refractivity (Wildman–Crippen MR) is 92.3 cm³/mol. The van der Waals surface area contributed by atoms with Crippen LogP contribution in [0.15, 0.2) is 16.6 Å². The summed E-state index contributed by atoms with van der Waals surface area (Å²) >= 11 is 3.69. The first-order chi connectivity index (χ1) is 9.96. The lowest BCUT2D eigenvalue weighted by Crippen LogP contribution is -2.27. The van der Waals surface area contributed by atoms with Crippen molar-refractivity contribution < 1.29 is 9.47 Å². The summed E-state index contributed by atoms with van der Waals surface area (Å²) in [5, 5.41) is 3.43. The largest absolute Gasteiger partial charge is 0.490 e. The third kappa shape index (κ3) is 4.62. The molecule has 1 aromatic rings. The fourth-order valence-electron chi connectivity index (χ4n) is 2.41. The van der Waals surface area contributed by atoms with Gasteiger partial charge in [0, 0.05) is 10.5 Å². The Labute approximate surface area is 137 Å². The van der Waals surface area contributed by atoms with Crippen molar-refractivity contribution in [2.45, 2.75) is 40.7 Å². The molecule has 1 aromatic carbocycles. The lowest BCUT2D eigenvalue weighted by atomic mass is 9.86. The molecule has 1 N–H and O–H groups in total. The Morgan fingerprint density at radius 1 is 1.05 bits per heavy atom. The Balaban J connectivity index is 3.24. The molecule has 0 saturated heterocycles. The van der Waals surface area contributed by atoms with Crippen LogP contribution in [0.5, 0.6) is 11.5 Å². The van der Waals surface area contributed by atoms with Crippen LogP contribution in [-0.4, -0.2) is 20.3 Å². The highest BCUT2D eigenvalue weighted by atomic mass is 79.9. The third-order valence-corrected chi connectivity index (χ3v) is 4.57. The van der Waals surface area contributed by atoms with E-state index in [4.69, 9.17) is 9.47 Å². The Morgan fingerprint density at radius 3 is 2.00 bits per heavy atom. The lowest BCUT2D eigenvalue weighted by molar-refractivity contribution is 0.284. The number of ether oxygens (including phenoxy) is 2. The van der Waals surface area contributed by atoms with Gasteiger partial charge in [0.15, 0.2) is 11.5 Å². The minimum absolute atomic E-state index is 0.272. The Hall–Kier alpha value is -0.740. The fraction of sp³-hybridized carbons (Fsp3) is 0.647. The molecule has 2 unspecified atom stereocenters. The van der Waals surface area contributed by atoms with Gasteiger partial charge >= 0.3 is 0 Å². The van der Waals surface area contributed by atoms with Gasteiger partial charge in [0.05, 0.1) is 13.2 Å². The van der Waals surface area contributed by atoms with Gasteiger partial charge in [0.25, 0.3) is 0 Å². The van der Waals surface area contributed by atoms with E-state index in [2.05, 4.69) is 48.1 Å².